The smallest absolute Gasteiger partial charge is 0.0726 e. The summed E-state index contributed by atoms with van der Waals surface area (Å²) in [5, 5.41) is 0. The Kier molecular flexibility index (Phi) is 11.0. The molecule has 0 fully saturated rings. The minimum Gasteiger partial charge on any atom is -0.306 e. The average Bonchev–Trinajstić information content (AvgIpc) is 1.62. The first kappa shape index (κ1) is 51.0. The van der Waals surface area contributed by atoms with Crippen molar-refractivity contribution in [3.8, 4) is 33.4 Å². The summed E-state index contributed by atoms with van der Waals surface area (Å²) in [6.45, 7) is 13.6. The number of anilines is 12. The Morgan fingerprint density at radius 3 is 0.897 bits per heavy atom. The molecule has 1 spiro atoms. The molecule has 0 radical (unpaired) electrons. The van der Waals surface area contributed by atoms with Gasteiger partial charge in [-0.15, -0.1) is 0 Å². The van der Waals surface area contributed by atoms with Crippen LogP contribution in [-0.4, -0.2) is 0 Å². The molecule has 0 aromatic heterocycles. The monoisotopic (exact) mass is 1120 g/mol. The van der Waals surface area contributed by atoms with Gasteiger partial charge in [-0.2, -0.15) is 0 Å². The largest absolute Gasteiger partial charge is 0.306 e. The fraction of sp³-hybridized carbons (Fsp3) is 0.108. The fourth-order valence-corrected chi connectivity index (χ4v) is 16.1. The van der Waals surface area contributed by atoms with E-state index in [1.54, 1.807) is 0 Å². The van der Waals surface area contributed by atoms with Crippen LogP contribution in [0.15, 0.2) is 267 Å². The zero-order valence-corrected chi connectivity index (χ0v) is 49.8. The number of nitrogens with zero attached hydrogens (tertiary/aromatic N) is 4. The van der Waals surface area contributed by atoms with Crippen molar-refractivity contribution >= 4 is 80.4 Å². The standard InChI is InChI=1S/C81H58N4.C2H6/c1-79(2)63-31-15-11-29-59(63)61-47-75-77(49-69(61)79)84(73-37-21-19-35-71(73)82(75)53-23-7-5-8-24-53)55-43-41-51-39-40-52-42-44-56(46-68(52)81(67(51)45-55)65-33-17-13-27-57(65)58-28-14-18-34-66(58)81)85-74-38-22-20-36-72(74)83(54-25-9-6-10-26-54)76-48-62-60-30-12-16-32-64(60)80(3,4)70(62)50-78(76)85;1-2/h5-50H,1-4H3;1-2H3. The van der Waals surface area contributed by atoms with E-state index >= 15 is 0 Å². The number of rotatable bonds is 4. The van der Waals surface area contributed by atoms with Crippen molar-refractivity contribution in [3.63, 3.8) is 0 Å². The van der Waals surface area contributed by atoms with Crippen LogP contribution in [0.2, 0.25) is 0 Å². The highest BCUT2D eigenvalue weighted by Gasteiger charge is 2.50. The summed E-state index contributed by atoms with van der Waals surface area (Å²) < 4.78 is 0. The van der Waals surface area contributed by atoms with Crippen molar-refractivity contribution in [2.45, 2.75) is 57.8 Å². The second-order valence-corrected chi connectivity index (χ2v) is 24.8. The van der Waals surface area contributed by atoms with E-state index in [4.69, 9.17) is 0 Å². The van der Waals surface area contributed by atoms with Gasteiger partial charge in [0.25, 0.3) is 0 Å². The molecular weight excluding hydrogens is 1050 g/mol. The van der Waals surface area contributed by atoms with E-state index in [1.165, 1.54) is 89.0 Å². The van der Waals surface area contributed by atoms with Gasteiger partial charge >= 0.3 is 0 Å². The first-order valence-electron chi connectivity index (χ1n) is 30.9. The third-order valence-electron chi connectivity index (χ3n) is 19.9. The van der Waals surface area contributed by atoms with Crippen molar-refractivity contribution in [2.75, 3.05) is 19.6 Å². The summed E-state index contributed by atoms with van der Waals surface area (Å²) in [6.07, 6.45) is 4.76. The Morgan fingerprint density at radius 2 is 0.517 bits per heavy atom. The van der Waals surface area contributed by atoms with Gasteiger partial charge in [0.05, 0.1) is 50.9 Å². The number of hydrogen-bond acceptors (Lipinski definition) is 4. The SMILES string of the molecule is CC.CC1(C)c2ccccc2-c2cc3c(cc21)N(c1ccc2c(c1)C1(c4cc(N5c6ccccc6N(c6ccccc6)c6cc7c(cc65)C(C)(C)c5ccccc5-7)ccc4C=C2)c2ccccc2-c2ccccc21)c1ccccc1N3c1ccccc1. The third-order valence-corrected chi connectivity index (χ3v) is 19.9. The Bertz CT molecular complexity index is 4570. The molecule has 2 aliphatic heterocycles. The summed E-state index contributed by atoms with van der Waals surface area (Å²) in [7, 11) is 0. The van der Waals surface area contributed by atoms with Gasteiger partial charge in [-0.05, 0) is 186 Å². The van der Waals surface area contributed by atoms with Crippen molar-refractivity contribution in [3.05, 3.63) is 323 Å². The van der Waals surface area contributed by atoms with Crippen LogP contribution in [0.5, 0.6) is 0 Å². The van der Waals surface area contributed by atoms with Crippen LogP contribution < -0.4 is 19.6 Å². The zero-order valence-electron chi connectivity index (χ0n) is 49.8. The predicted molar refractivity (Wildman–Crippen MR) is 365 cm³/mol. The summed E-state index contributed by atoms with van der Waals surface area (Å²) in [6, 6.07) is 101. The lowest BCUT2D eigenvalue weighted by atomic mass is 9.66. The first-order valence-corrected chi connectivity index (χ1v) is 30.9. The molecular formula is C83H64N4. The Hall–Kier alpha value is -10.4. The third kappa shape index (κ3) is 6.95. The molecule has 12 aromatic carbocycles. The van der Waals surface area contributed by atoms with Gasteiger partial charge in [0.2, 0.25) is 0 Å². The number of fused-ring (bicyclic) bond motifs is 19. The molecule has 0 bridgehead atoms. The van der Waals surface area contributed by atoms with Crippen LogP contribution in [0.1, 0.15) is 97.2 Å². The summed E-state index contributed by atoms with van der Waals surface area (Å²) in [4.78, 5) is 10.1. The van der Waals surface area contributed by atoms with Gasteiger partial charge in [0.1, 0.15) is 0 Å². The van der Waals surface area contributed by atoms with Gasteiger partial charge in [0, 0.05) is 33.6 Å². The van der Waals surface area contributed by atoms with Crippen molar-refractivity contribution in [1.29, 1.82) is 0 Å². The van der Waals surface area contributed by atoms with Crippen molar-refractivity contribution in [1.82, 2.24) is 0 Å². The fourth-order valence-electron chi connectivity index (χ4n) is 16.1. The molecule has 0 N–H and O–H groups in total. The highest BCUT2D eigenvalue weighted by molar-refractivity contribution is 6.07. The number of hydrogen-bond donors (Lipinski definition) is 0. The molecule has 4 heteroatoms. The highest BCUT2D eigenvalue weighted by Crippen LogP contribution is 2.65. The minimum atomic E-state index is -0.737. The lowest BCUT2D eigenvalue weighted by Gasteiger charge is -2.42. The van der Waals surface area contributed by atoms with E-state index in [0.29, 0.717) is 0 Å². The summed E-state index contributed by atoms with van der Waals surface area (Å²) in [5.41, 5.74) is 33.1. The topological polar surface area (TPSA) is 13.0 Å². The molecule has 0 unspecified atom stereocenters. The van der Waals surface area contributed by atoms with Gasteiger partial charge in [0.15, 0.2) is 0 Å². The minimum absolute atomic E-state index is 0.209. The van der Waals surface area contributed by atoms with E-state index in [9.17, 15) is 0 Å². The van der Waals surface area contributed by atoms with Gasteiger partial charge in [-0.25, -0.2) is 0 Å². The predicted octanol–water partition coefficient (Wildman–Crippen LogP) is 22.7. The van der Waals surface area contributed by atoms with Crippen LogP contribution in [0.3, 0.4) is 0 Å². The lowest BCUT2D eigenvalue weighted by Crippen LogP contribution is -2.31. The van der Waals surface area contributed by atoms with Crippen molar-refractivity contribution < 1.29 is 0 Å². The van der Waals surface area contributed by atoms with E-state index in [0.717, 1.165) is 68.2 Å². The maximum atomic E-state index is 2.56. The summed E-state index contributed by atoms with van der Waals surface area (Å²) in [5.74, 6) is 0. The second kappa shape index (κ2) is 18.8. The van der Waals surface area contributed by atoms with E-state index in [-0.39, 0.29) is 10.8 Å². The molecule has 0 atom stereocenters. The molecule has 6 aliphatic rings. The first-order chi connectivity index (χ1) is 42.7. The van der Waals surface area contributed by atoms with Crippen LogP contribution in [0.25, 0.3) is 45.5 Å². The van der Waals surface area contributed by atoms with Gasteiger partial charge in [-0.1, -0.05) is 224 Å². The molecule has 87 heavy (non-hydrogen) atoms. The molecule has 18 rings (SSSR count). The van der Waals surface area contributed by atoms with Crippen LogP contribution >= 0.6 is 0 Å². The van der Waals surface area contributed by atoms with Gasteiger partial charge in [-0.3, -0.25) is 0 Å². The van der Waals surface area contributed by atoms with Crippen LogP contribution in [0.4, 0.5) is 68.2 Å². The maximum absolute atomic E-state index is 2.56. The normalized spacial score (nSPS) is 15.4. The average molecular weight is 1120 g/mol. The Balaban J connectivity index is 0.00000292. The van der Waals surface area contributed by atoms with Gasteiger partial charge < -0.3 is 19.6 Å². The van der Waals surface area contributed by atoms with E-state index in [1.807, 2.05) is 13.8 Å². The molecule has 416 valence electrons. The molecule has 2 heterocycles. The Labute approximate surface area is 510 Å². The number of para-hydroxylation sites is 6. The Morgan fingerprint density at radius 1 is 0.218 bits per heavy atom. The molecule has 12 aromatic rings. The quantitative estimate of drug-likeness (QED) is 0.174. The second-order valence-electron chi connectivity index (χ2n) is 24.8. The van der Waals surface area contributed by atoms with Crippen LogP contribution in [-0.2, 0) is 16.2 Å². The molecule has 0 saturated heterocycles. The number of benzene rings is 12. The maximum Gasteiger partial charge on any atom is 0.0726 e. The summed E-state index contributed by atoms with van der Waals surface area (Å²) >= 11 is 0. The molecule has 4 nitrogen and oxygen atoms in total. The van der Waals surface area contributed by atoms with E-state index in [2.05, 4.69) is 326 Å². The van der Waals surface area contributed by atoms with Crippen molar-refractivity contribution in [2.24, 2.45) is 0 Å². The van der Waals surface area contributed by atoms with Crippen LogP contribution in [0, 0.1) is 0 Å². The zero-order chi connectivity index (χ0) is 58.5. The lowest BCUT2D eigenvalue weighted by molar-refractivity contribution is 0.660. The highest BCUT2D eigenvalue weighted by atomic mass is 15.3. The molecule has 4 aliphatic carbocycles. The van der Waals surface area contributed by atoms with E-state index < -0.39 is 5.41 Å². The molecule has 0 saturated carbocycles. The molecule has 0 amide bonds.